The van der Waals surface area contributed by atoms with E-state index >= 15 is 0 Å². The van der Waals surface area contributed by atoms with Gasteiger partial charge in [0.15, 0.2) is 15.6 Å². The standard InChI is InChI=1S/C24H26F3N3O6S2/c1-13-11-19(21(31)23(13,28)18-12-38(35,36)30-22(18)32)29-20(24(25,26)27)16-5-3-14(4-6-16)15-7-9-17(10-8-15)37(2,33)34/h3-10,13,18-20,29H,11-12,28H2,1-2H3,(H,30,32)/t13?,18?,19-,20-,23?/m0/s1. The molecule has 14 heteroatoms. The predicted molar refractivity (Wildman–Crippen MR) is 132 cm³/mol. The van der Waals surface area contributed by atoms with Gasteiger partial charge >= 0.3 is 6.18 Å². The Bertz CT molecular complexity index is 1480. The first-order valence-corrected chi connectivity index (χ1v) is 15.1. The maximum Gasteiger partial charge on any atom is 0.407 e. The average molecular weight is 574 g/mol. The Balaban J connectivity index is 1.58. The highest BCUT2D eigenvalue weighted by Gasteiger charge is 2.61. The van der Waals surface area contributed by atoms with E-state index in [0.29, 0.717) is 11.1 Å². The third-order valence-electron chi connectivity index (χ3n) is 7.24. The van der Waals surface area contributed by atoms with Crippen molar-refractivity contribution in [3.63, 3.8) is 0 Å². The summed E-state index contributed by atoms with van der Waals surface area (Å²) in [6.07, 6.45) is -3.84. The zero-order chi connectivity index (χ0) is 28.3. The Hall–Kier alpha value is -2.81. The quantitative estimate of drug-likeness (QED) is 0.472. The van der Waals surface area contributed by atoms with Crippen molar-refractivity contribution in [3.8, 4) is 11.1 Å². The second kappa shape index (κ2) is 9.43. The van der Waals surface area contributed by atoms with Crippen LogP contribution in [-0.2, 0) is 29.4 Å². The van der Waals surface area contributed by atoms with Crippen LogP contribution in [0, 0.1) is 11.8 Å². The van der Waals surface area contributed by atoms with Crippen LogP contribution < -0.4 is 15.8 Å². The largest absolute Gasteiger partial charge is 0.407 e. The maximum absolute atomic E-state index is 14.1. The van der Waals surface area contributed by atoms with Crippen LogP contribution in [0.25, 0.3) is 11.1 Å². The second-order valence-corrected chi connectivity index (χ2v) is 13.6. The molecule has 1 aliphatic carbocycles. The molecule has 3 unspecified atom stereocenters. The van der Waals surface area contributed by atoms with E-state index in [0.717, 1.165) is 6.26 Å². The van der Waals surface area contributed by atoms with Gasteiger partial charge in [-0.2, -0.15) is 13.2 Å². The van der Waals surface area contributed by atoms with Gasteiger partial charge in [0.05, 0.1) is 28.1 Å². The van der Waals surface area contributed by atoms with Crippen molar-refractivity contribution in [3.05, 3.63) is 54.1 Å². The third-order valence-corrected chi connectivity index (χ3v) is 9.65. The van der Waals surface area contributed by atoms with Gasteiger partial charge in [-0.15, -0.1) is 0 Å². The topological polar surface area (TPSA) is 152 Å². The van der Waals surface area contributed by atoms with Crippen molar-refractivity contribution in [2.45, 2.75) is 42.0 Å². The normalized spacial score (nSPS) is 28.3. The van der Waals surface area contributed by atoms with E-state index in [1.807, 2.05) is 0 Å². The molecule has 38 heavy (non-hydrogen) atoms. The minimum Gasteiger partial charge on any atom is -0.318 e. The van der Waals surface area contributed by atoms with Crippen molar-refractivity contribution in [2.24, 2.45) is 17.6 Å². The van der Waals surface area contributed by atoms with E-state index in [1.54, 1.807) is 16.9 Å². The van der Waals surface area contributed by atoms with Crippen LogP contribution >= 0.6 is 0 Å². The van der Waals surface area contributed by atoms with E-state index in [-0.39, 0.29) is 16.9 Å². The number of nitrogens with one attached hydrogen (secondary N) is 2. The predicted octanol–water partition coefficient (Wildman–Crippen LogP) is 1.70. The number of hydrogen-bond donors (Lipinski definition) is 3. The summed E-state index contributed by atoms with van der Waals surface area (Å²) < 4.78 is 91.1. The summed E-state index contributed by atoms with van der Waals surface area (Å²) in [5, 5.41) is 2.35. The SMILES string of the molecule is CC1C[C@H](N[C@@H](c2ccc(-c3ccc(S(C)(=O)=O)cc3)cc2)C(F)(F)F)C(=O)C1(N)C1CS(=O)(=O)NC1=O. The van der Waals surface area contributed by atoms with Crippen LogP contribution in [0.3, 0.4) is 0 Å². The second-order valence-electron chi connectivity index (χ2n) is 9.85. The summed E-state index contributed by atoms with van der Waals surface area (Å²) >= 11 is 0. The first-order valence-electron chi connectivity index (χ1n) is 11.5. The van der Waals surface area contributed by atoms with Gasteiger partial charge in [-0.3, -0.25) is 19.6 Å². The third kappa shape index (κ3) is 5.22. The molecule has 2 aromatic rings. The highest BCUT2D eigenvalue weighted by Crippen LogP contribution is 2.41. The van der Waals surface area contributed by atoms with Crippen LogP contribution in [0.2, 0.25) is 0 Å². The molecule has 1 amide bonds. The van der Waals surface area contributed by atoms with Gasteiger partial charge in [0.25, 0.3) is 0 Å². The molecule has 4 rings (SSSR count). The molecule has 0 radical (unpaired) electrons. The van der Waals surface area contributed by atoms with Crippen LogP contribution in [0.5, 0.6) is 0 Å². The van der Waals surface area contributed by atoms with Crippen molar-refractivity contribution in [1.29, 1.82) is 0 Å². The lowest BCUT2D eigenvalue weighted by Crippen LogP contribution is -2.60. The number of sulfone groups is 1. The number of ketones is 1. The summed E-state index contributed by atoms with van der Waals surface area (Å²) in [6.45, 7) is 1.50. The van der Waals surface area contributed by atoms with Crippen LogP contribution in [0.1, 0.15) is 24.9 Å². The molecule has 1 saturated carbocycles. The fraction of sp³-hybridized carbons (Fsp3) is 0.417. The van der Waals surface area contributed by atoms with Gasteiger partial charge in [-0.1, -0.05) is 43.3 Å². The monoisotopic (exact) mass is 573 g/mol. The van der Waals surface area contributed by atoms with Crippen molar-refractivity contribution in [1.82, 2.24) is 10.0 Å². The molecule has 1 heterocycles. The number of amides is 1. The van der Waals surface area contributed by atoms with E-state index in [1.165, 1.54) is 43.3 Å². The van der Waals surface area contributed by atoms with E-state index in [4.69, 9.17) is 5.73 Å². The highest BCUT2D eigenvalue weighted by atomic mass is 32.2. The molecule has 0 bridgehead atoms. The molecule has 2 aromatic carbocycles. The molecule has 5 atom stereocenters. The Morgan fingerprint density at radius 3 is 2.03 bits per heavy atom. The maximum atomic E-state index is 14.1. The Morgan fingerprint density at radius 1 is 1.05 bits per heavy atom. The number of sulfonamides is 1. The van der Waals surface area contributed by atoms with Crippen molar-refractivity contribution >= 4 is 31.6 Å². The molecule has 206 valence electrons. The first-order chi connectivity index (χ1) is 17.4. The molecule has 9 nitrogen and oxygen atoms in total. The van der Waals surface area contributed by atoms with Gasteiger partial charge < -0.3 is 5.73 Å². The molecule has 2 fully saturated rings. The van der Waals surface area contributed by atoms with Crippen LogP contribution in [0.15, 0.2) is 53.4 Å². The first kappa shape index (κ1) is 28.2. The molecule has 1 aliphatic heterocycles. The number of carbonyl (C=O) groups is 2. The molecule has 4 N–H and O–H groups in total. The number of benzene rings is 2. The van der Waals surface area contributed by atoms with Crippen molar-refractivity contribution in [2.75, 3.05) is 12.0 Å². The van der Waals surface area contributed by atoms with Gasteiger partial charge in [0.2, 0.25) is 15.9 Å². The summed E-state index contributed by atoms with van der Waals surface area (Å²) in [4.78, 5) is 25.6. The van der Waals surface area contributed by atoms with Gasteiger partial charge in [0.1, 0.15) is 6.04 Å². The fourth-order valence-corrected chi connectivity index (χ4v) is 7.15. The Labute approximate surface area is 218 Å². The lowest BCUT2D eigenvalue weighted by Gasteiger charge is -2.31. The number of halogens is 3. The highest BCUT2D eigenvalue weighted by molar-refractivity contribution is 7.90. The smallest absolute Gasteiger partial charge is 0.318 e. The number of nitrogens with two attached hydrogens (primary N) is 1. The van der Waals surface area contributed by atoms with Crippen LogP contribution in [-0.4, -0.2) is 58.3 Å². The van der Waals surface area contributed by atoms with Gasteiger partial charge in [0, 0.05) is 6.26 Å². The number of rotatable bonds is 6. The Kier molecular flexibility index (Phi) is 7.00. The average Bonchev–Trinajstić information content (AvgIpc) is 3.22. The summed E-state index contributed by atoms with van der Waals surface area (Å²) in [5.74, 6) is -4.66. The lowest BCUT2D eigenvalue weighted by molar-refractivity contribution is -0.160. The lowest BCUT2D eigenvalue weighted by atomic mass is 9.77. The molecular formula is C24H26F3N3O6S2. The zero-order valence-corrected chi connectivity index (χ0v) is 22.0. The Morgan fingerprint density at radius 2 is 1.58 bits per heavy atom. The molecular weight excluding hydrogens is 547 g/mol. The molecule has 0 spiro atoms. The fourth-order valence-electron chi connectivity index (χ4n) is 5.12. The summed E-state index contributed by atoms with van der Waals surface area (Å²) in [6, 6.07) is 7.70. The van der Waals surface area contributed by atoms with Gasteiger partial charge in [-0.05, 0) is 41.2 Å². The minimum absolute atomic E-state index is 0.110. The van der Waals surface area contributed by atoms with E-state index in [2.05, 4.69) is 5.32 Å². The molecule has 1 saturated heterocycles. The summed E-state index contributed by atoms with van der Waals surface area (Å²) in [7, 11) is -7.37. The summed E-state index contributed by atoms with van der Waals surface area (Å²) in [5.41, 5.74) is 5.29. The van der Waals surface area contributed by atoms with Gasteiger partial charge in [-0.25, -0.2) is 16.8 Å². The number of Topliss-reactive ketones (excluding diaryl/α,β-unsaturated/α-hetero) is 1. The van der Waals surface area contributed by atoms with Crippen LogP contribution in [0.4, 0.5) is 13.2 Å². The number of alkyl halides is 3. The zero-order valence-electron chi connectivity index (χ0n) is 20.3. The van der Waals surface area contributed by atoms with E-state index < -0.39 is 72.9 Å². The number of carbonyl (C=O) groups excluding carboxylic acids is 2. The van der Waals surface area contributed by atoms with E-state index in [9.17, 15) is 39.6 Å². The molecule has 0 aromatic heterocycles. The van der Waals surface area contributed by atoms with Crippen molar-refractivity contribution < 1.29 is 39.6 Å². The number of hydrogen-bond acceptors (Lipinski definition) is 8. The minimum atomic E-state index is -4.80. The molecule has 2 aliphatic rings.